The fourth-order valence-electron chi connectivity index (χ4n) is 2.83. The maximum Gasteiger partial charge on any atom is 0.275 e. The monoisotopic (exact) mass is 394 g/mol. The molecule has 0 bridgehead atoms. The number of carbonyl (C=O) groups excluding carboxylic acids is 1. The van der Waals surface area contributed by atoms with Gasteiger partial charge in [0.25, 0.3) is 5.91 Å². The molecule has 1 aliphatic rings. The van der Waals surface area contributed by atoms with E-state index in [0.29, 0.717) is 11.4 Å². The molecule has 3 rings (SSSR count). The van der Waals surface area contributed by atoms with Crippen LogP contribution in [0.25, 0.3) is 0 Å². The summed E-state index contributed by atoms with van der Waals surface area (Å²) in [4.78, 5) is 14.4. The highest BCUT2D eigenvalue weighted by molar-refractivity contribution is 7.92. The van der Waals surface area contributed by atoms with Gasteiger partial charge < -0.3 is 9.47 Å². The number of amides is 1. The fourth-order valence-corrected chi connectivity index (χ4v) is 3.38. The van der Waals surface area contributed by atoms with Gasteiger partial charge in [0, 0.05) is 17.8 Å². The summed E-state index contributed by atoms with van der Waals surface area (Å²) in [5.41, 5.74) is -0.248. The molecule has 1 amide bonds. The minimum Gasteiger partial charge on any atom is -0.494 e. The molecular weight excluding hydrogens is 375 g/mol. The number of nitrogens with one attached hydrogen (secondary N) is 1. The van der Waals surface area contributed by atoms with E-state index in [1.54, 1.807) is 13.8 Å². The Hall–Kier alpha value is -2.81. The van der Waals surface area contributed by atoms with Crippen molar-refractivity contribution in [3.63, 3.8) is 0 Å². The van der Waals surface area contributed by atoms with Crippen molar-refractivity contribution in [1.82, 2.24) is 0 Å². The third-order valence-corrected chi connectivity index (χ3v) is 4.56. The van der Waals surface area contributed by atoms with Crippen LogP contribution >= 0.6 is 0 Å². The average molecular weight is 394 g/mol. The molecule has 0 aromatic heterocycles. The van der Waals surface area contributed by atoms with Crippen molar-refractivity contribution in [2.45, 2.75) is 19.4 Å². The Kier molecular flexibility index (Phi) is 4.51. The summed E-state index contributed by atoms with van der Waals surface area (Å²) in [6, 6.07) is 8.36. The van der Waals surface area contributed by atoms with E-state index < -0.39 is 21.4 Å². The van der Waals surface area contributed by atoms with Crippen LogP contribution in [0.5, 0.6) is 11.5 Å². The van der Waals surface area contributed by atoms with Gasteiger partial charge in [0.15, 0.2) is 11.4 Å². The van der Waals surface area contributed by atoms with Gasteiger partial charge >= 0.3 is 0 Å². The number of rotatable bonds is 4. The molecule has 0 unspecified atom stereocenters. The molecule has 27 heavy (non-hydrogen) atoms. The third kappa shape index (κ3) is 3.68. The molecule has 1 N–H and O–H groups in total. The van der Waals surface area contributed by atoms with Crippen LogP contribution in [0.1, 0.15) is 13.8 Å². The summed E-state index contributed by atoms with van der Waals surface area (Å²) in [6.07, 6.45) is 1.03. The maximum absolute atomic E-state index is 13.3. The molecule has 0 atom stereocenters. The van der Waals surface area contributed by atoms with Gasteiger partial charge in [0.2, 0.25) is 10.0 Å². The SMILES string of the molecule is COc1cc(NS(C)(=O)=O)cc2c1N(c1ccc(F)cc1)C(=O)C(C)(C)O2. The topological polar surface area (TPSA) is 84.9 Å². The quantitative estimate of drug-likeness (QED) is 0.862. The number of anilines is 3. The van der Waals surface area contributed by atoms with Crippen LogP contribution in [0.3, 0.4) is 0 Å². The molecular formula is C18H19FN2O5S. The molecule has 0 aliphatic carbocycles. The summed E-state index contributed by atoms with van der Waals surface area (Å²) in [7, 11) is -2.13. The van der Waals surface area contributed by atoms with E-state index in [4.69, 9.17) is 9.47 Å². The second-order valence-corrected chi connectivity index (χ2v) is 8.38. The maximum atomic E-state index is 13.3. The minimum atomic E-state index is -3.52. The number of hydrogen-bond donors (Lipinski definition) is 1. The van der Waals surface area contributed by atoms with Crippen LogP contribution in [0, 0.1) is 5.82 Å². The summed E-state index contributed by atoms with van der Waals surface area (Å²) in [5.74, 6) is -0.316. The molecule has 0 fully saturated rings. The van der Waals surface area contributed by atoms with Crippen LogP contribution < -0.4 is 19.1 Å². The molecule has 0 saturated heterocycles. The lowest BCUT2D eigenvalue weighted by Crippen LogP contribution is -2.50. The first-order valence-corrected chi connectivity index (χ1v) is 9.90. The van der Waals surface area contributed by atoms with Gasteiger partial charge in [-0.1, -0.05) is 0 Å². The lowest BCUT2D eigenvalue weighted by Gasteiger charge is -2.39. The van der Waals surface area contributed by atoms with Gasteiger partial charge in [-0.2, -0.15) is 0 Å². The van der Waals surface area contributed by atoms with Crippen molar-refractivity contribution >= 4 is 33.0 Å². The molecule has 9 heteroatoms. The van der Waals surface area contributed by atoms with E-state index in [1.165, 1.54) is 48.4 Å². The second-order valence-electron chi connectivity index (χ2n) is 6.63. The van der Waals surface area contributed by atoms with E-state index in [1.807, 2.05) is 0 Å². The number of methoxy groups -OCH3 is 1. The van der Waals surface area contributed by atoms with Crippen LogP contribution in [-0.4, -0.2) is 33.3 Å². The summed E-state index contributed by atoms with van der Waals surface area (Å²) in [6.45, 7) is 3.19. The van der Waals surface area contributed by atoms with Crippen molar-refractivity contribution in [3.05, 3.63) is 42.2 Å². The largest absolute Gasteiger partial charge is 0.494 e. The Morgan fingerprint density at radius 1 is 1.19 bits per heavy atom. The van der Waals surface area contributed by atoms with Crippen molar-refractivity contribution in [1.29, 1.82) is 0 Å². The summed E-state index contributed by atoms with van der Waals surface area (Å²) < 4.78 is 50.0. The molecule has 2 aromatic carbocycles. The molecule has 144 valence electrons. The Morgan fingerprint density at radius 3 is 2.37 bits per heavy atom. The Balaban J connectivity index is 2.23. The van der Waals surface area contributed by atoms with Gasteiger partial charge in [-0.15, -0.1) is 0 Å². The van der Waals surface area contributed by atoms with Gasteiger partial charge in [-0.25, -0.2) is 12.8 Å². The molecule has 0 spiro atoms. The first kappa shape index (κ1) is 19.0. The summed E-state index contributed by atoms with van der Waals surface area (Å²) in [5, 5.41) is 0. The predicted octanol–water partition coefficient (Wildman–Crippen LogP) is 3.04. The standard InChI is InChI=1S/C18H19FN2O5S/c1-18(2)17(22)21(13-7-5-11(19)6-8-13)16-14(25-3)9-12(10-15(16)26-18)20-27(4,23)24/h5-10,20H,1-4H3. The van der Waals surface area contributed by atoms with Crippen molar-refractivity contribution in [3.8, 4) is 11.5 Å². The number of sulfonamides is 1. The number of benzene rings is 2. The van der Waals surface area contributed by atoms with Crippen LogP contribution in [0.2, 0.25) is 0 Å². The van der Waals surface area contributed by atoms with E-state index in [2.05, 4.69) is 4.72 Å². The lowest BCUT2D eigenvalue weighted by molar-refractivity contribution is -0.131. The zero-order chi connectivity index (χ0) is 20.0. The van der Waals surface area contributed by atoms with Gasteiger partial charge in [-0.05, 0) is 38.1 Å². The highest BCUT2D eigenvalue weighted by Gasteiger charge is 2.43. The normalized spacial score (nSPS) is 15.7. The van der Waals surface area contributed by atoms with Crippen molar-refractivity contribution < 1.29 is 27.1 Å². The lowest BCUT2D eigenvalue weighted by atomic mass is 10.0. The highest BCUT2D eigenvalue weighted by atomic mass is 32.2. The van der Waals surface area contributed by atoms with Crippen LogP contribution in [0.4, 0.5) is 21.5 Å². The van der Waals surface area contributed by atoms with Gasteiger partial charge in [-0.3, -0.25) is 14.4 Å². The van der Waals surface area contributed by atoms with Crippen molar-refractivity contribution in [2.24, 2.45) is 0 Å². The smallest absolute Gasteiger partial charge is 0.275 e. The van der Waals surface area contributed by atoms with Crippen LogP contribution in [0.15, 0.2) is 36.4 Å². The molecule has 1 aliphatic heterocycles. The van der Waals surface area contributed by atoms with Gasteiger partial charge in [0.1, 0.15) is 17.3 Å². The second kappa shape index (κ2) is 6.41. The first-order chi connectivity index (χ1) is 12.5. The Bertz CT molecular complexity index is 1000. The number of nitrogens with zero attached hydrogens (tertiary/aromatic N) is 1. The zero-order valence-electron chi connectivity index (χ0n) is 15.2. The number of halogens is 1. The molecule has 0 saturated carbocycles. The van der Waals surface area contributed by atoms with E-state index in [0.717, 1.165) is 6.26 Å². The highest BCUT2D eigenvalue weighted by Crippen LogP contribution is 2.49. The van der Waals surface area contributed by atoms with E-state index in [-0.39, 0.29) is 23.1 Å². The van der Waals surface area contributed by atoms with Crippen molar-refractivity contribution in [2.75, 3.05) is 23.0 Å². The zero-order valence-corrected chi connectivity index (χ0v) is 16.1. The molecule has 1 heterocycles. The summed E-state index contributed by atoms with van der Waals surface area (Å²) >= 11 is 0. The van der Waals surface area contributed by atoms with E-state index >= 15 is 0 Å². The molecule has 0 radical (unpaired) electrons. The minimum absolute atomic E-state index is 0.229. The van der Waals surface area contributed by atoms with Gasteiger partial charge in [0.05, 0.1) is 19.1 Å². The molecule has 2 aromatic rings. The Labute approximate surface area is 156 Å². The third-order valence-electron chi connectivity index (χ3n) is 3.95. The number of ether oxygens (including phenoxy) is 2. The Morgan fingerprint density at radius 2 is 1.81 bits per heavy atom. The molecule has 7 nitrogen and oxygen atoms in total. The fraction of sp³-hybridized carbons (Fsp3) is 0.278. The average Bonchev–Trinajstić information content (AvgIpc) is 2.55. The number of carbonyl (C=O) groups is 1. The first-order valence-electron chi connectivity index (χ1n) is 8.01. The number of fused-ring (bicyclic) bond motifs is 1. The van der Waals surface area contributed by atoms with Crippen LogP contribution in [-0.2, 0) is 14.8 Å². The van der Waals surface area contributed by atoms with E-state index in [9.17, 15) is 17.6 Å². The number of hydrogen-bond acceptors (Lipinski definition) is 5. The predicted molar refractivity (Wildman–Crippen MR) is 99.7 cm³/mol.